The van der Waals surface area contributed by atoms with Gasteiger partial charge in [0.25, 0.3) is 0 Å². The fraction of sp³-hybridized carbons (Fsp3) is 0.400. The van der Waals surface area contributed by atoms with Gasteiger partial charge in [-0.2, -0.15) is 0 Å². The van der Waals surface area contributed by atoms with Crippen LogP contribution in [0.3, 0.4) is 0 Å². The van der Waals surface area contributed by atoms with Crippen LogP contribution >= 0.6 is 0 Å². The molecule has 168 valence electrons. The minimum atomic E-state index is 0.193. The molecule has 7 heteroatoms. The molecule has 1 saturated heterocycles. The minimum Gasteiger partial charge on any atom is -0.356 e. The summed E-state index contributed by atoms with van der Waals surface area (Å²) in [5.41, 5.74) is 2.68. The average molecular weight is 433 g/mol. The molecular weight excluding hydrogens is 400 g/mol. The summed E-state index contributed by atoms with van der Waals surface area (Å²) in [6, 6.07) is 16.5. The summed E-state index contributed by atoms with van der Waals surface area (Å²) in [6.45, 7) is 5.46. The number of carbonyl (C=O) groups excluding carboxylic acids is 1. The number of nitrogens with zero attached hydrogens (tertiary/aromatic N) is 5. The van der Waals surface area contributed by atoms with E-state index in [0.717, 1.165) is 57.5 Å². The van der Waals surface area contributed by atoms with Crippen LogP contribution in [0.15, 0.2) is 65.8 Å². The summed E-state index contributed by atoms with van der Waals surface area (Å²) in [4.78, 5) is 27.9. The molecule has 2 aromatic rings. The monoisotopic (exact) mass is 432 g/mol. The van der Waals surface area contributed by atoms with Crippen molar-refractivity contribution in [3.63, 3.8) is 0 Å². The first-order chi connectivity index (χ1) is 15.7. The van der Waals surface area contributed by atoms with Crippen molar-refractivity contribution in [3.8, 4) is 0 Å². The standard InChI is InChI=1S/C25H32N6O/c1-26-25(31-15-11-22(12-16-31)21-7-3-2-4-8-21)28-14-10-24(32)30-19-17-29(18-20-30)23-9-5-6-13-27-23/h2-9,11,13H,10,12,14-20H2,1H3,(H,26,28). The Balaban J connectivity index is 1.20. The molecule has 7 nitrogen and oxygen atoms in total. The molecule has 0 unspecified atom stereocenters. The van der Waals surface area contributed by atoms with E-state index in [1.54, 1.807) is 7.05 Å². The van der Waals surface area contributed by atoms with E-state index in [-0.39, 0.29) is 5.91 Å². The number of benzene rings is 1. The summed E-state index contributed by atoms with van der Waals surface area (Å²) >= 11 is 0. The Morgan fingerprint density at radius 3 is 2.44 bits per heavy atom. The molecule has 2 aliphatic heterocycles. The van der Waals surface area contributed by atoms with E-state index in [9.17, 15) is 4.79 Å². The van der Waals surface area contributed by atoms with Crippen LogP contribution in [-0.4, -0.2) is 79.5 Å². The molecule has 0 atom stereocenters. The minimum absolute atomic E-state index is 0.193. The zero-order valence-electron chi connectivity index (χ0n) is 18.8. The molecule has 1 amide bonds. The van der Waals surface area contributed by atoms with Crippen molar-refractivity contribution in [2.24, 2.45) is 4.99 Å². The fourth-order valence-electron chi connectivity index (χ4n) is 4.27. The van der Waals surface area contributed by atoms with Crippen LogP contribution in [0.5, 0.6) is 0 Å². The Morgan fingerprint density at radius 1 is 1.00 bits per heavy atom. The molecule has 1 aromatic carbocycles. The number of hydrogen-bond acceptors (Lipinski definition) is 4. The van der Waals surface area contributed by atoms with E-state index < -0.39 is 0 Å². The van der Waals surface area contributed by atoms with Gasteiger partial charge in [0.05, 0.1) is 0 Å². The van der Waals surface area contributed by atoms with Gasteiger partial charge in [0.1, 0.15) is 5.82 Å². The number of aromatic nitrogens is 1. The van der Waals surface area contributed by atoms with Crippen LogP contribution in [0.25, 0.3) is 5.57 Å². The number of amides is 1. The number of anilines is 1. The molecule has 0 saturated carbocycles. The van der Waals surface area contributed by atoms with Crippen LogP contribution in [0.2, 0.25) is 0 Å². The predicted octanol–water partition coefficient (Wildman–Crippen LogP) is 2.49. The number of aliphatic imine (C=N–C) groups is 1. The Morgan fingerprint density at radius 2 is 1.78 bits per heavy atom. The van der Waals surface area contributed by atoms with Crippen molar-refractivity contribution in [1.82, 2.24) is 20.1 Å². The normalized spacial score (nSPS) is 17.2. The SMILES string of the molecule is CN=C(NCCC(=O)N1CCN(c2ccccn2)CC1)N1CC=C(c2ccccc2)CC1. The maximum Gasteiger partial charge on any atom is 0.224 e. The lowest BCUT2D eigenvalue weighted by atomic mass is 10.00. The largest absolute Gasteiger partial charge is 0.356 e. The number of carbonyl (C=O) groups is 1. The van der Waals surface area contributed by atoms with Gasteiger partial charge in [0.15, 0.2) is 5.96 Å². The van der Waals surface area contributed by atoms with Crippen molar-refractivity contribution in [1.29, 1.82) is 0 Å². The summed E-state index contributed by atoms with van der Waals surface area (Å²) in [5, 5.41) is 3.38. The maximum atomic E-state index is 12.7. The van der Waals surface area contributed by atoms with Crippen LogP contribution in [0.1, 0.15) is 18.4 Å². The molecule has 4 rings (SSSR count). The second-order valence-corrected chi connectivity index (χ2v) is 8.07. The van der Waals surface area contributed by atoms with Gasteiger partial charge in [-0.15, -0.1) is 0 Å². The van der Waals surface area contributed by atoms with Crippen molar-refractivity contribution >= 4 is 23.3 Å². The molecular formula is C25H32N6O. The first-order valence-corrected chi connectivity index (χ1v) is 11.4. The maximum absolute atomic E-state index is 12.7. The molecule has 3 heterocycles. The highest BCUT2D eigenvalue weighted by Gasteiger charge is 2.22. The van der Waals surface area contributed by atoms with Crippen LogP contribution in [-0.2, 0) is 4.79 Å². The molecule has 32 heavy (non-hydrogen) atoms. The highest BCUT2D eigenvalue weighted by molar-refractivity contribution is 5.82. The molecule has 1 N–H and O–H groups in total. The Kier molecular flexibility index (Phi) is 7.38. The van der Waals surface area contributed by atoms with Crippen LogP contribution in [0.4, 0.5) is 5.82 Å². The number of rotatable bonds is 5. The van der Waals surface area contributed by atoms with Crippen LogP contribution < -0.4 is 10.2 Å². The molecule has 0 bridgehead atoms. The zero-order chi connectivity index (χ0) is 22.2. The topological polar surface area (TPSA) is 64.1 Å². The van der Waals surface area contributed by atoms with Gasteiger partial charge in [-0.05, 0) is 29.7 Å². The van der Waals surface area contributed by atoms with Gasteiger partial charge in [-0.25, -0.2) is 4.98 Å². The van der Waals surface area contributed by atoms with Crippen molar-refractivity contribution in [2.45, 2.75) is 12.8 Å². The number of guanidine groups is 1. The fourth-order valence-corrected chi connectivity index (χ4v) is 4.27. The second kappa shape index (κ2) is 10.8. The zero-order valence-corrected chi connectivity index (χ0v) is 18.8. The lowest BCUT2D eigenvalue weighted by Crippen LogP contribution is -2.50. The van der Waals surface area contributed by atoms with E-state index in [4.69, 9.17) is 0 Å². The first-order valence-electron chi connectivity index (χ1n) is 11.4. The summed E-state index contributed by atoms with van der Waals surface area (Å²) in [7, 11) is 1.80. The Bertz CT molecular complexity index is 935. The number of pyridine rings is 1. The molecule has 0 spiro atoms. The molecule has 2 aliphatic rings. The highest BCUT2D eigenvalue weighted by atomic mass is 16.2. The highest BCUT2D eigenvalue weighted by Crippen LogP contribution is 2.22. The summed E-state index contributed by atoms with van der Waals surface area (Å²) < 4.78 is 0. The van der Waals surface area contributed by atoms with Crippen molar-refractivity contribution in [3.05, 3.63) is 66.4 Å². The summed E-state index contributed by atoms with van der Waals surface area (Å²) in [5.74, 6) is 2.04. The Hall–Kier alpha value is -3.35. The third-order valence-electron chi connectivity index (χ3n) is 6.09. The van der Waals surface area contributed by atoms with Gasteiger partial charge in [0.2, 0.25) is 5.91 Å². The number of hydrogen-bond donors (Lipinski definition) is 1. The van der Waals surface area contributed by atoms with Gasteiger partial charge < -0.3 is 20.0 Å². The smallest absolute Gasteiger partial charge is 0.224 e. The molecule has 1 aromatic heterocycles. The van der Waals surface area contributed by atoms with Gasteiger partial charge in [0, 0.05) is 65.5 Å². The van der Waals surface area contributed by atoms with Gasteiger partial charge >= 0.3 is 0 Å². The third kappa shape index (κ3) is 5.46. The van der Waals surface area contributed by atoms with Crippen LogP contribution in [0, 0.1) is 0 Å². The van der Waals surface area contributed by atoms with E-state index in [2.05, 4.69) is 55.4 Å². The lowest BCUT2D eigenvalue weighted by molar-refractivity contribution is -0.131. The first kappa shape index (κ1) is 21.9. The van der Waals surface area contributed by atoms with Gasteiger partial charge in [-0.1, -0.05) is 42.5 Å². The van der Waals surface area contributed by atoms with Crippen molar-refractivity contribution in [2.75, 3.05) is 57.8 Å². The predicted molar refractivity (Wildman–Crippen MR) is 130 cm³/mol. The number of nitrogens with one attached hydrogen (secondary N) is 1. The molecule has 0 aliphatic carbocycles. The summed E-state index contributed by atoms with van der Waals surface area (Å²) in [6.07, 6.45) is 5.55. The second-order valence-electron chi connectivity index (χ2n) is 8.07. The van der Waals surface area contributed by atoms with E-state index >= 15 is 0 Å². The molecule has 1 fully saturated rings. The molecule has 0 radical (unpaired) electrons. The Labute approximate surface area is 190 Å². The van der Waals surface area contributed by atoms with E-state index in [0.29, 0.717) is 13.0 Å². The lowest BCUT2D eigenvalue weighted by Gasteiger charge is -2.35. The quantitative estimate of drug-likeness (QED) is 0.581. The van der Waals surface area contributed by atoms with Gasteiger partial charge in [-0.3, -0.25) is 9.79 Å². The average Bonchev–Trinajstić information content (AvgIpc) is 2.88. The van der Waals surface area contributed by atoms with E-state index in [1.807, 2.05) is 35.4 Å². The van der Waals surface area contributed by atoms with Crippen molar-refractivity contribution < 1.29 is 4.79 Å². The number of piperazine rings is 1. The third-order valence-corrected chi connectivity index (χ3v) is 6.09. The van der Waals surface area contributed by atoms with E-state index in [1.165, 1.54) is 11.1 Å².